The second kappa shape index (κ2) is 6.71. The molecule has 7 nitrogen and oxygen atoms in total. The summed E-state index contributed by atoms with van der Waals surface area (Å²) >= 11 is 0. The van der Waals surface area contributed by atoms with Gasteiger partial charge in [-0.15, -0.1) is 0 Å². The molecule has 1 heterocycles. The minimum atomic E-state index is 0.0530. The van der Waals surface area contributed by atoms with Crippen LogP contribution in [0.5, 0.6) is 0 Å². The highest BCUT2D eigenvalue weighted by molar-refractivity contribution is 5.80. The van der Waals surface area contributed by atoms with E-state index >= 15 is 0 Å². The van der Waals surface area contributed by atoms with Crippen LogP contribution in [0.3, 0.4) is 0 Å². The average molecular weight is 292 g/mol. The summed E-state index contributed by atoms with van der Waals surface area (Å²) in [6.07, 6.45) is 3.19. The molecule has 1 aromatic heterocycles. The molecule has 3 N–H and O–H groups in total. The number of amides is 1. The van der Waals surface area contributed by atoms with Gasteiger partial charge in [-0.05, 0) is 19.3 Å². The molecule has 0 spiro atoms. The van der Waals surface area contributed by atoms with Crippen molar-refractivity contribution >= 4 is 17.5 Å². The molecule has 0 bridgehead atoms. The van der Waals surface area contributed by atoms with Gasteiger partial charge in [0.05, 0.1) is 6.54 Å². The number of carbonyl (C=O) groups excluding carboxylic acids is 1. The summed E-state index contributed by atoms with van der Waals surface area (Å²) in [6.45, 7) is 3.16. The second-order valence-corrected chi connectivity index (χ2v) is 5.60. The number of nitrogens with one attached hydrogen (secondary N) is 1. The van der Waals surface area contributed by atoms with Crippen LogP contribution in [0, 0.1) is 0 Å². The van der Waals surface area contributed by atoms with Gasteiger partial charge in [-0.3, -0.25) is 4.79 Å². The molecule has 1 fully saturated rings. The summed E-state index contributed by atoms with van der Waals surface area (Å²) in [6, 6.07) is 1.80. The van der Waals surface area contributed by atoms with Gasteiger partial charge < -0.3 is 15.2 Å². The minimum absolute atomic E-state index is 0.0530. The van der Waals surface area contributed by atoms with Gasteiger partial charge in [0.25, 0.3) is 0 Å². The van der Waals surface area contributed by atoms with E-state index in [0.717, 1.165) is 37.4 Å². The Morgan fingerprint density at radius 1 is 1.43 bits per heavy atom. The Labute approximate surface area is 125 Å². The highest BCUT2D eigenvalue weighted by atomic mass is 16.2. The Bertz CT molecular complexity index is 500. The zero-order valence-electron chi connectivity index (χ0n) is 13.0. The number of rotatable bonds is 7. The molecule has 7 heteroatoms. The van der Waals surface area contributed by atoms with Gasteiger partial charge in [0.2, 0.25) is 5.91 Å². The third-order valence-corrected chi connectivity index (χ3v) is 3.46. The standard InChI is InChI=1S/C14H24N6O/c1-4-7-20(9-13(21)19(2)3)12-8-11(18-15)16-14(17-12)10-5-6-10/h8,10H,4-7,9,15H2,1-3H3,(H,16,17,18). The van der Waals surface area contributed by atoms with Crippen molar-refractivity contribution in [2.45, 2.75) is 32.1 Å². The Balaban J connectivity index is 2.25. The lowest BCUT2D eigenvalue weighted by molar-refractivity contribution is -0.127. The van der Waals surface area contributed by atoms with Gasteiger partial charge in [0.15, 0.2) is 0 Å². The molecule has 0 atom stereocenters. The van der Waals surface area contributed by atoms with Crippen molar-refractivity contribution in [2.24, 2.45) is 5.84 Å². The van der Waals surface area contributed by atoms with Crippen molar-refractivity contribution in [1.82, 2.24) is 14.9 Å². The number of hydrogen-bond donors (Lipinski definition) is 2. The van der Waals surface area contributed by atoms with Crippen LogP contribution in [0.4, 0.5) is 11.6 Å². The van der Waals surface area contributed by atoms with Crippen LogP contribution in [-0.2, 0) is 4.79 Å². The van der Waals surface area contributed by atoms with Gasteiger partial charge in [0.1, 0.15) is 17.5 Å². The molecule has 0 unspecified atom stereocenters. The third kappa shape index (κ3) is 4.04. The first-order chi connectivity index (χ1) is 10.0. The van der Waals surface area contributed by atoms with E-state index in [9.17, 15) is 4.79 Å². The predicted octanol–water partition coefficient (Wildman–Crippen LogP) is 0.944. The number of carbonyl (C=O) groups is 1. The zero-order chi connectivity index (χ0) is 15.4. The number of anilines is 2. The Hall–Kier alpha value is -1.89. The monoisotopic (exact) mass is 292 g/mol. The van der Waals surface area contributed by atoms with Crippen molar-refractivity contribution in [3.05, 3.63) is 11.9 Å². The number of nitrogens with zero attached hydrogens (tertiary/aromatic N) is 4. The molecule has 1 aliphatic carbocycles. The summed E-state index contributed by atoms with van der Waals surface area (Å²) < 4.78 is 0. The predicted molar refractivity (Wildman–Crippen MR) is 83.0 cm³/mol. The van der Waals surface area contributed by atoms with Crippen molar-refractivity contribution in [3.8, 4) is 0 Å². The van der Waals surface area contributed by atoms with E-state index in [1.807, 2.05) is 4.90 Å². The first-order valence-electron chi connectivity index (χ1n) is 7.35. The van der Waals surface area contributed by atoms with Crippen LogP contribution in [-0.4, -0.2) is 48.0 Å². The first-order valence-corrected chi connectivity index (χ1v) is 7.35. The van der Waals surface area contributed by atoms with Gasteiger partial charge >= 0.3 is 0 Å². The maximum Gasteiger partial charge on any atom is 0.241 e. The molecule has 1 aromatic rings. The SMILES string of the molecule is CCCN(CC(=O)N(C)C)c1cc(NN)nc(C2CC2)n1. The lowest BCUT2D eigenvalue weighted by Crippen LogP contribution is -2.37. The molecule has 1 amide bonds. The molecule has 0 radical (unpaired) electrons. The van der Waals surface area contributed by atoms with Gasteiger partial charge in [0, 0.05) is 32.6 Å². The third-order valence-electron chi connectivity index (χ3n) is 3.46. The second-order valence-electron chi connectivity index (χ2n) is 5.60. The van der Waals surface area contributed by atoms with Crippen LogP contribution in [0.2, 0.25) is 0 Å². The molecule has 1 aliphatic rings. The molecule has 0 aromatic carbocycles. The lowest BCUT2D eigenvalue weighted by Gasteiger charge is -2.25. The van der Waals surface area contributed by atoms with Crippen LogP contribution in [0.25, 0.3) is 0 Å². The van der Waals surface area contributed by atoms with E-state index in [1.54, 1.807) is 25.1 Å². The van der Waals surface area contributed by atoms with Gasteiger partial charge in [-0.2, -0.15) is 0 Å². The zero-order valence-corrected chi connectivity index (χ0v) is 13.0. The molecule has 2 rings (SSSR count). The van der Waals surface area contributed by atoms with Crippen LogP contribution < -0.4 is 16.2 Å². The Kier molecular flexibility index (Phi) is 4.95. The van der Waals surface area contributed by atoms with E-state index in [-0.39, 0.29) is 5.91 Å². The maximum atomic E-state index is 12.0. The average Bonchev–Trinajstić information content (AvgIpc) is 3.30. The molecular formula is C14H24N6O. The van der Waals surface area contributed by atoms with E-state index in [4.69, 9.17) is 5.84 Å². The summed E-state index contributed by atoms with van der Waals surface area (Å²) in [7, 11) is 3.52. The number of nitrogens with two attached hydrogens (primary N) is 1. The molecule has 21 heavy (non-hydrogen) atoms. The Morgan fingerprint density at radius 2 is 2.14 bits per heavy atom. The van der Waals surface area contributed by atoms with E-state index in [1.165, 1.54) is 0 Å². The summed E-state index contributed by atoms with van der Waals surface area (Å²) in [5, 5.41) is 0. The molecule has 1 saturated carbocycles. The molecular weight excluding hydrogens is 268 g/mol. The Morgan fingerprint density at radius 3 is 2.67 bits per heavy atom. The molecule has 116 valence electrons. The number of hydrazine groups is 1. The normalized spacial score (nSPS) is 13.9. The van der Waals surface area contributed by atoms with E-state index in [2.05, 4.69) is 22.3 Å². The van der Waals surface area contributed by atoms with Gasteiger partial charge in [-0.1, -0.05) is 6.92 Å². The quantitative estimate of drug-likeness (QED) is 0.574. The minimum Gasteiger partial charge on any atom is -0.347 e. The van der Waals surface area contributed by atoms with Crippen LogP contribution >= 0.6 is 0 Å². The van der Waals surface area contributed by atoms with Gasteiger partial charge in [-0.25, -0.2) is 15.8 Å². The van der Waals surface area contributed by atoms with Crippen LogP contribution in [0.1, 0.15) is 37.9 Å². The number of aromatic nitrogens is 2. The summed E-state index contributed by atoms with van der Waals surface area (Å²) in [4.78, 5) is 24.6. The first kappa shape index (κ1) is 15.5. The lowest BCUT2D eigenvalue weighted by atomic mass is 10.3. The van der Waals surface area contributed by atoms with Crippen molar-refractivity contribution in [2.75, 3.05) is 37.5 Å². The van der Waals surface area contributed by atoms with Crippen molar-refractivity contribution < 1.29 is 4.79 Å². The highest BCUT2D eigenvalue weighted by Crippen LogP contribution is 2.39. The van der Waals surface area contributed by atoms with E-state index in [0.29, 0.717) is 18.3 Å². The fraction of sp³-hybridized carbons (Fsp3) is 0.643. The van der Waals surface area contributed by atoms with E-state index < -0.39 is 0 Å². The maximum absolute atomic E-state index is 12.0. The van der Waals surface area contributed by atoms with Crippen molar-refractivity contribution in [3.63, 3.8) is 0 Å². The highest BCUT2D eigenvalue weighted by Gasteiger charge is 2.28. The van der Waals surface area contributed by atoms with Crippen LogP contribution in [0.15, 0.2) is 6.07 Å². The fourth-order valence-electron chi connectivity index (χ4n) is 2.06. The fourth-order valence-corrected chi connectivity index (χ4v) is 2.06. The number of likely N-dealkylation sites (N-methyl/N-ethyl adjacent to an activating group) is 1. The van der Waals surface area contributed by atoms with Crippen molar-refractivity contribution in [1.29, 1.82) is 0 Å². The summed E-state index contributed by atoms with van der Waals surface area (Å²) in [5.41, 5.74) is 2.59. The number of nitrogen functional groups attached to an aromatic ring is 1. The largest absolute Gasteiger partial charge is 0.347 e. The molecule has 0 saturated heterocycles. The summed E-state index contributed by atoms with van der Waals surface area (Å²) in [5.74, 6) is 8.16. The topological polar surface area (TPSA) is 87.4 Å². The number of hydrogen-bond acceptors (Lipinski definition) is 6. The smallest absolute Gasteiger partial charge is 0.241 e. The molecule has 0 aliphatic heterocycles.